The Hall–Kier alpha value is -3.13. The molecule has 5 rings (SSSR count). The van der Waals surface area contributed by atoms with Gasteiger partial charge in [0.2, 0.25) is 0 Å². The predicted octanol–water partition coefficient (Wildman–Crippen LogP) is 7.10. The number of fused-ring (bicyclic) bond motifs is 4. The Morgan fingerprint density at radius 2 is 1.52 bits per heavy atom. The maximum Gasteiger partial charge on any atom is 0.160 e. The number of pyridine rings is 1. The topological polar surface area (TPSA) is 26.0 Å². The number of hydrogen-bond donors (Lipinski definition) is 0. The van der Waals surface area contributed by atoms with E-state index in [0.717, 1.165) is 33.1 Å². The third kappa shape index (κ3) is 2.52. The first-order valence-electron chi connectivity index (χ1n) is 9.32. The molecule has 0 N–H and O–H groups in total. The average molecular weight is 351 g/mol. The lowest BCUT2D eigenvalue weighted by Gasteiger charge is -2.22. The van der Waals surface area contributed by atoms with Crippen LogP contribution < -0.4 is 0 Å². The summed E-state index contributed by atoms with van der Waals surface area (Å²) in [6, 6.07) is 23.4. The van der Waals surface area contributed by atoms with Crippen molar-refractivity contribution in [2.45, 2.75) is 26.2 Å². The molecule has 2 nitrogen and oxygen atoms in total. The monoisotopic (exact) mass is 351 g/mol. The Balaban J connectivity index is 1.89. The second-order valence-electron chi connectivity index (χ2n) is 8.14. The summed E-state index contributed by atoms with van der Waals surface area (Å²) in [7, 11) is 0. The van der Waals surface area contributed by atoms with Gasteiger partial charge in [-0.1, -0.05) is 63.2 Å². The molecule has 0 unspecified atom stereocenters. The van der Waals surface area contributed by atoms with Crippen molar-refractivity contribution >= 4 is 32.6 Å². The SMILES string of the molecule is CC(C)(C)c1cc(-c2nc3ccccc3c3ccoc23)cc2ccccc12. The summed E-state index contributed by atoms with van der Waals surface area (Å²) in [5.41, 5.74) is 5.21. The van der Waals surface area contributed by atoms with Gasteiger partial charge in [-0.3, -0.25) is 0 Å². The summed E-state index contributed by atoms with van der Waals surface area (Å²) >= 11 is 0. The quantitative estimate of drug-likeness (QED) is 0.322. The molecule has 3 aromatic carbocycles. The largest absolute Gasteiger partial charge is 0.462 e. The van der Waals surface area contributed by atoms with Crippen LogP contribution in [-0.2, 0) is 5.41 Å². The lowest BCUT2D eigenvalue weighted by molar-refractivity contribution is 0.596. The molecule has 0 atom stereocenters. The van der Waals surface area contributed by atoms with Gasteiger partial charge >= 0.3 is 0 Å². The van der Waals surface area contributed by atoms with Gasteiger partial charge in [0.15, 0.2) is 5.58 Å². The van der Waals surface area contributed by atoms with Crippen molar-refractivity contribution in [3.05, 3.63) is 78.6 Å². The van der Waals surface area contributed by atoms with Crippen LogP contribution in [0.3, 0.4) is 0 Å². The Bertz CT molecular complexity index is 1300. The molecule has 0 saturated heterocycles. The van der Waals surface area contributed by atoms with Crippen molar-refractivity contribution < 1.29 is 4.42 Å². The van der Waals surface area contributed by atoms with E-state index in [2.05, 4.69) is 69.3 Å². The predicted molar refractivity (Wildman–Crippen MR) is 113 cm³/mol. The fourth-order valence-corrected chi connectivity index (χ4v) is 3.94. The van der Waals surface area contributed by atoms with Crippen LogP contribution in [0.1, 0.15) is 26.3 Å². The standard InChI is InChI=1S/C25H21NO/c1-25(2,3)21-15-17(14-16-8-4-5-9-18(16)21)23-24-20(12-13-27-24)19-10-6-7-11-22(19)26-23/h4-15H,1-3H3. The van der Waals surface area contributed by atoms with Gasteiger partial charge < -0.3 is 4.42 Å². The van der Waals surface area contributed by atoms with Crippen molar-refractivity contribution in [3.63, 3.8) is 0 Å². The van der Waals surface area contributed by atoms with Gasteiger partial charge in [-0.15, -0.1) is 0 Å². The maximum atomic E-state index is 5.89. The number of furan rings is 1. The number of benzene rings is 3. The first kappa shape index (κ1) is 16.1. The van der Waals surface area contributed by atoms with E-state index in [9.17, 15) is 0 Å². The van der Waals surface area contributed by atoms with Crippen molar-refractivity contribution in [3.8, 4) is 11.3 Å². The molecule has 0 aliphatic rings. The van der Waals surface area contributed by atoms with Crippen LogP contribution >= 0.6 is 0 Å². The highest BCUT2D eigenvalue weighted by atomic mass is 16.3. The molecule has 0 bridgehead atoms. The number of hydrogen-bond acceptors (Lipinski definition) is 2. The molecule has 132 valence electrons. The number of rotatable bonds is 1. The molecular weight excluding hydrogens is 330 g/mol. The number of para-hydroxylation sites is 1. The van der Waals surface area contributed by atoms with Crippen LogP contribution in [0.25, 0.3) is 43.9 Å². The molecule has 2 heteroatoms. The highest BCUT2D eigenvalue weighted by molar-refractivity contribution is 6.09. The molecule has 0 radical (unpaired) electrons. The van der Waals surface area contributed by atoms with E-state index in [4.69, 9.17) is 9.40 Å². The Labute approximate surface area is 158 Å². The van der Waals surface area contributed by atoms with Crippen LogP contribution in [-0.4, -0.2) is 4.98 Å². The highest BCUT2D eigenvalue weighted by Gasteiger charge is 2.20. The van der Waals surface area contributed by atoms with E-state index in [0.29, 0.717) is 0 Å². The summed E-state index contributed by atoms with van der Waals surface area (Å²) in [5.74, 6) is 0. The van der Waals surface area contributed by atoms with Crippen molar-refractivity contribution in [1.82, 2.24) is 4.98 Å². The molecule has 0 fully saturated rings. The van der Waals surface area contributed by atoms with Gasteiger partial charge in [-0.25, -0.2) is 4.98 Å². The average Bonchev–Trinajstić information content (AvgIpc) is 3.16. The summed E-state index contributed by atoms with van der Waals surface area (Å²) in [4.78, 5) is 4.98. The fourth-order valence-electron chi connectivity index (χ4n) is 3.94. The van der Waals surface area contributed by atoms with E-state index in [1.165, 1.54) is 16.3 Å². The maximum absolute atomic E-state index is 5.89. The van der Waals surface area contributed by atoms with Crippen LogP contribution in [0.4, 0.5) is 0 Å². The summed E-state index contributed by atoms with van der Waals surface area (Å²) in [6.07, 6.45) is 1.76. The van der Waals surface area contributed by atoms with E-state index < -0.39 is 0 Å². The minimum Gasteiger partial charge on any atom is -0.462 e. The molecule has 0 saturated carbocycles. The second-order valence-corrected chi connectivity index (χ2v) is 8.14. The van der Waals surface area contributed by atoms with Gasteiger partial charge in [0, 0.05) is 16.3 Å². The minimum atomic E-state index is 0.0364. The number of aromatic nitrogens is 1. The Kier molecular flexibility index (Phi) is 3.38. The molecule has 2 aromatic heterocycles. The molecule has 0 spiro atoms. The summed E-state index contributed by atoms with van der Waals surface area (Å²) in [6.45, 7) is 6.78. The lowest BCUT2D eigenvalue weighted by atomic mass is 9.82. The van der Waals surface area contributed by atoms with E-state index in [1.54, 1.807) is 6.26 Å². The van der Waals surface area contributed by atoms with E-state index in [-0.39, 0.29) is 5.41 Å². The second kappa shape index (κ2) is 5.68. The van der Waals surface area contributed by atoms with Gasteiger partial charge in [-0.2, -0.15) is 0 Å². The van der Waals surface area contributed by atoms with Gasteiger partial charge in [-0.05, 0) is 46.0 Å². The van der Waals surface area contributed by atoms with Crippen LogP contribution in [0, 0.1) is 0 Å². The first-order valence-corrected chi connectivity index (χ1v) is 9.32. The Morgan fingerprint density at radius 1 is 0.778 bits per heavy atom. The molecule has 0 amide bonds. The highest BCUT2D eigenvalue weighted by Crippen LogP contribution is 2.38. The van der Waals surface area contributed by atoms with Crippen LogP contribution in [0.2, 0.25) is 0 Å². The molecular formula is C25H21NO. The Morgan fingerprint density at radius 3 is 2.33 bits per heavy atom. The molecule has 2 heterocycles. The molecule has 5 aromatic rings. The van der Waals surface area contributed by atoms with E-state index in [1.807, 2.05) is 18.2 Å². The zero-order chi connectivity index (χ0) is 18.6. The fraction of sp³-hybridized carbons (Fsp3) is 0.160. The summed E-state index contributed by atoms with van der Waals surface area (Å²) in [5, 5.41) is 4.77. The van der Waals surface area contributed by atoms with Gasteiger partial charge in [0.05, 0.1) is 11.8 Å². The summed E-state index contributed by atoms with van der Waals surface area (Å²) < 4.78 is 5.89. The third-order valence-corrected chi connectivity index (χ3v) is 5.25. The molecule has 27 heavy (non-hydrogen) atoms. The zero-order valence-electron chi connectivity index (χ0n) is 15.8. The normalized spacial score (nSPS) is 12.3. The van der Waals surface area contributed by atoms with Gasteiger partial charge in [0.1, 0.15) is 5.69 Å². The molecule has 0 aliphatic carbocycles. The lowest BCUT2D eigenvalue weighted by Crippen LogP contribution is -2.12. The van der Waals surface area contributed by atoms with Crippen molar-refractivity contribution in [2.24, 2.45) is 0 Å². The zero-order valence-corrected chi connectivity index (χ0v) is 15.8. The van der Waals surface area contributed by atoms with Crippen LogP contribution in [0.15, 0.2) is 77.4 Å². The van der Waals surface area contributed by atoms with E-state index >= 15 is 0 Å². The van der Waals surface area contributed by atoms with Gasteiger partial charge in [0.25, 0.3) is 0 Å². The van der Waals surface area contributed by atoms with Crippen molar-refractivity contribution in [2.75, 3.05) is 0 Å². The molecule has 0 aliphatic heterocycles. The first-order chi connectivity index (χ1) is 13.0. The smallest absolute Gasteiger partial charge is 0.160 e. The third-order valence-electron chi connectivity index (χ3n) is 5.25. The minimum absolute atomic E-state index is 0.0364. The number of nitrogens with zero attached hydrogens (tertiary/aromatic N) is 1. The van der Waals surface area contributed by atoms with Crippen molar-refractivity contribution in [1.29, 1.82) is 0 Å². The van der Waals surface area contributed by atoms with Crippen LogP contribution in [0.5, 0.6) is 0 Å².